The monoisotopic (exact) mass is 290 g/mol. The van der Waals surface area contributed by atoms with Gasteiger partial charge in [-0.1, -0.05) is 35.9 Å². The largest absolute Gasteiger partial charge is 0.330 e. The van der Waals surface area contributed by atoms with E-state index < -0.39 is 5.69 Å². The van der Waals surface area contributed by atoms with Crippen LogP contribution in [0.3, 0.4) is 0 Å². The Bertz CT molecular complexity index is 776. The van der Waals surface area contributed by atoms with Crippen molar-refractivity contribution in [3.63, 3.8) is 0 Å². The Morgan fingerprint density at radius 1 is 1.30 bits per heavy atom. The smallest absolute Gasteiger partial charge is 0.297 e. The molecule has 1 aromatic heterocycles. The molecule has 0 radical (unpaired) electrons. The van der Waals surface area contributed by atoms with Crippen LogP contribution in [0.2, 0.25) is 5.15 Å². The normalized spacial score (nSPS) is 17.8. The van der Waals surface area contributed by atoms with Crippen molar-refractivity contribution in [2.24, 2.45) is 0 Å². The van der Waals surface area contributed by atoms with E-state index >= 15 is 0 Å². The van der Waals surface area contributed by atoms with E-state index in [-0.39, 0.29) is 16.8 Å². The summed E-state index contributed by atoms with van der Waals surface area (Å²) in [5.74, 6) is 0. The first-order valence-corrected chi connectivity index (χ1v) is 7.06. The molecule has 0 aliphatic heterocycles. The van der Waals surface area contributed by atoms with Gasteiger partial charge in [-0.15, -0.1) is 0 Å². The number of H-pyrrole nitrogens is 1. The minimum absolute atomic E-state index is 0.125. The molecule has 2 aromatic rings. The van der Waals surface area contributed by atoms with Crippen LogP contribution in [0.4, 0.5) is 0 Å². The van der Waals surface area contributed by atoms with Gasteiger partial charge in [0, 0.05) is 5.56 Å². The third-order valence-electron chi connectivity index (χ3n) is 3.95. The highest BCUT2D eigenvalue weighted by molar-refractivity contribution is 6.30. The molecule has 1 aliphatic rings. The van der Waals surface area contributed by atoms with Crippen molar-refractivity contribution in [1.29, 1.82) is 0 Å². The lowest BCUT2D eigenvalue weighted by Crippen LogP contribution is -2.40. The van der Waals surface area contributed by atoms with Gasteiger partial charge in [-0.05, 0) is 37.3 Å². The summed E-state index contributed by atoms with van der Waals surface area (Å²) in [4.78, 5) is 27.1. The number of nitrogens with zero attached hydrogens (tertiary/aromatic N) is 1. The van der Waals surface area contributed by atoms with Gasteiger partial charge >= 0.3 is 5.69 Å². The van der Waals surface area contributed by atoms with Crippen molar-refractivity contribution in [3.05, 3.63) is 66.9 Å². The molecule has 4 nitrogen and oxygen atoms in total. The van der Waals surface area contributed by atoms with E-state index in [1.807, 2.05) is 18.2 Å². The number of aromatic nitrogens is 2. The minimum atomic E-state index is -0.438. The molecule has 1 unspecified atom stereocenters. The summed E-state index contributed by atoms with van der Waals surface area (Å²) in [6, 6.07) is 7.78. The van der Waals surface area contributed by atoms with Crippen molar-refractivity contribution in [1.82, 2.24) is 9.55 Å². The molecule has 1 aromatic carbocycles. The summed E-state index contributed by atoms with van der Waals surface area (Å²) in [6.45, 7) is 1.63. The average molecular weight is 291 g/mol. The van der Waals surface area contributed by atoms with Crippen LogP contribution in [-0.4, -0.2) is 9.55 Å². The van der Waals surface area contributed by atoms with Gasteiger partial charge in [0.25, 0.3) is 5.56 Å². The third kappa shape index (κ3) is 2.00. The quantitative estimate of drug-likeness (QED) is 0.820. The summed E-state index contributed by atoms with van der Waals surface area (Å²) in [5.41, 5.74) is 1.91. The lowest BCUT2D eigenvalue weighted by Gasteiger charge is -2.26. The van der Waals surface area contributed by atoms with Crippen molar-refractivity contribution in [3.8, 4) is 0 Å². The molecule has 0 bridgehead atoms. The first-order chi connectivity index (χ1) is 9.59. The van der Waals surface area contributed by atoms with Gasteiger partial charge in [-0.25, -0.2) is 4.79 Å². The summed E-state index contributed by atoms with van der Waals surface area (Å²) in [6.07, 6.45) is 2.75. The Hall–Kier alpha value is -1.81. The molecule has 1 N–H and O–H groups in total. The average Bonchev–Trinajstić information content (AvgIpc) is 2.45. The van der Waals surface area contributed by atoms with E-state index in [0.29, 0.717) is 5.56 Å². The molecule has 0 saturated carbocycles. The summed E-state index contributed by atoms with van der Waals surface area (Å²) in [7, 11) is 0. The van der Waals surface area contributed by atoms with E-state index in [2.05, 4.69) is 11.1 Å². The maximum atomic E-state index is 12.4. The molecule has 3 rings (SSSR count). The van der Waals surface area contributed by atoms with Gasteiger partial charge in [0.2, 0.25) is 0 Å². The number of fused-ring (bicyclic) bond motifs is 1. The van der Waals surface area contributed by atoms with Gasteiger partial charge in [0.15, 0.2) is 0 Å². The minimum Gasteiger partial charge on any atom is -0.297 e. The molecule has 5 heteroatoms. The molecule has 0 amide bonds. The standard InChI is InChI=1S/C15H15ClN2O2/c1-9-13(16)17-15(20)18(14(9)19)12-8-4-6-10-5-2-3-7-11(10)12/h2-3,5,7,12H,4,6,8H2,1H3,(H,17,20). The van der Waals surface area contributed by atoms with Crippen molar-refractivity contribution in [2.45, 2.75) is 32.2 Å². The lowest BCUT2D eigenvalue weighted by atomic mass is 9.87. The van der Waals surface area contributed by atoms with Gasteiger partial charge in [0.05, 0.1) is 6.04 Å². The highest BCUT2D eigenvalue weighted by Crippen LogP contribution is 2.31. The van der Waals surface area contributed by atoms with Crippen LogP contribution < -0.4 is 11.2 Å². The molecule has 1 atom stereocenters. The van der Waals surface area contributed by atoms with Crippen molar-refractivity contribution < 1.29 is 0 Å². The van der Waals surface area contributed by atoms with Gasteiger partial charge in [-0.3, -0.25) is 14.3 Å². The predicted octanol–water partition coefficient (Wildman–Crippen LogP) is 2.42. The molecule has 1 aliphatic carbocycles. The number of rotatable bonds is 1. The highest BCUT2D eigenvalue weighted by atomic mass is 35.5. The summed E-state index contributed by atoms with van der Waals surface area (Å²) < 4.78 is 1.30. The number of aryl methyl sites for hydroxylation is 1. The zero-order valence-corrected chi connectivity index (χ0v) is 11.9. The SMILES string of the molecule is Cc1c(Cl)[nH]c(=O)n(C2CCCc3ccccc32)c1=O. The van der Waals surface area contributed by atoms with Crippen LogP contribution in [0.15, 0.2) is 33.9 Å². The number of hydrogen-bond acceptors (Lipinski definition) is 2. The Kier molecular flexibility index (Phi) is 3.26. The molecule has 1 heterocycles. The van der Waals surface area contributed by atoms with Crippen molar-refractivity contribution in [2.75, 3.05) is 0 Å². The number of benzene rings is 1. The van der Waals surface area contributed by atoms with Gasteiger partial charge in [0.1, 0.15) is 5.15 Å². The molecule has 20 heavy (non-hydrogen) atoms. The van der Waals surface area contributed by atoms with Gasteiger partial charge in [-0.2, -0.15) is 0 Å². The van der Waals surface area contributed by atoms with Crippen LogP contribution >= 0.6 is 11.6 Å². The molecular weight excluding hydrogens is 276 g/mol. The summed E-state index contributed by atoms with van der Waals surface area (Å²) >= 11 is 5.86. The van der Waals surface area contributed by atoms with E-state index in [4.69, 9.17) is 11.6 Å². The number of aromatic amines is 1. The van der Waals surface area contributed by atoms with E-state index in [1.165, 1.54) is 10.1 Å². The van der Waals surface area contributed by atoms with Crippen LogP contribution in [0.1, 0.15) is 35.6 Å². The summed E-state index contributed by atoms with van der Waals surface area (Å²) in [5, 5.41) is 0.125. The Balaban J connectivity index is 2.24. The number of halogens is 1. The fourth-order valence-electron chi connectivity index (χ4n) is 2.89. The third-order valence-corrected chi connectivity index (χ3v) is 4.33. The lowest BCUT2D eigenvalue weighted by molar-refractivity contribution is 0.458. The molecule has 0 fully saturated rings. The highest BCUT2D eigenvalue weighted by Gasteiger charge is 2.24. The van der Waals surface area contributed by atoms with Crippen LogP contribution in [0.25, 0.3) is 0 Å². The van der Waals surface area contributed by atoms with Crippen molar-refractivity contribution >= 4 is 11.6 Å². The van der Waals surface area contributed by atoms with Crippen LogP contribution in [-0.2, 0) is 6.42 Å². The second kappa shape index (κ2) is 4.94. The first kappa shape index (κ1) is 13.2. The Labute approximate surface area is 121 Å². The van der Waals surface area contributed by atoms with Crippen LogP contribution in [0.5, 0.6) is 0 Å². The Morgan fingerprint density at radius 2 is 2.05 bits per heavy atom. The zero-order chi connectivity index (χ0) is 14.3. The fraction of sp³-hybridized carbons (Fsp3) is 0.333. The predicted molar refractivity (Wildman–Crippen MR) is 78.6 cm³/mol. The van der Waals surface area contributed by atoms with Crippen LogP contribution in [0, 0.1) is 6.92 Å². The maximum absolute atomic E-state index is 12.4. The fourth-order valence-corrected chi connectivity index (χ4v) is 3.06. The molecule has 0 spiro atoms. The second-order valence-corrected chi connectivity index (χ2v) is 5.53. The number of hydrogen-bond donors (Lipinski definition) is 1. The Morgan fingerprint density at radius 3 is 2.85 bits per heavy atom. The van der Waals surface area contributed by atoms with E-state index in [0.717, 1.165) is 24.8 Å². The molecular formula is C15H15ClN2O2. The maximum Gasteiger partial charge on any atom is 0.330 e. The van der Waals surface area contributed by atoms with Gasteiger partial charge < -0.3 is 0 Å². The number of nitrogens with one attached hydrogen (secondary N) is 1. The van der Waals surface area contributed by atoms with E-state index in [9.17, 15) is 9.59 Å². The first-order valence-electron chi connectivity index (χ1n) is 6.68. The molecule has 0 saturated heterocycles. The van der Waals surface area contributed by atoms with E-state index in [1.54, 1.807) is 6.92 Å². The second-order valence-electron chi connectivity index (χ2n) is 5.15. The zero-order valence-electron chi connectivity index (χ0n) is 11.1. The topological polar surface area (TPSA) is 54.9 Å². The molecule has 104 valence electrons.